The Labute approximate surface area is 146 Å². The predicted molar refractivity (Wildman–Crippen MR) is 94.4 cm³/mol. The molecule has 0 saturated carbocycles. The highest BCUT2D eigenvalue weighted by Crippen LogP contribution is 2.13. The van der Waals surface area contributed by atoms with Crippen molar-refractivity contribution in [1.82, 2.24) is 5.32 Å². The molecule has 0 atom stereocenters. The maximum absolute atomic E-state index is 11.9. The standard InChI is InChI=1S/C18H19ClN2O3/c1-21(2)16-8-6-14(7-9-16)18(23)24-12-17(22)20-11-13-4-3-5-15(19)10-13/h3-10H,11-12H2,1-2H3,(H,20,22). The van der Waals surface area contributed by atoms with Crippen LogP contribution in [0, 0.1) is 0 Å². The summed E-state index contributed by atoms with van der Waals surface area (Å²) in [7, 11) is 3.83. The van der Waals surface area contributed by atoms with E-state index < -0.39 is 5.97 Å². The first-order chi connectivity index (χ1) is 11.5. The molecule has 0 unspecified atom stereocenters. The summed E-state index contributed by atoms with van der Waals surface area (Å²) in [6.07, 6.45) is 0. The minimum atomic E-state index is -0.529. The van der Waals surface area contributed by atoms with Crippen molar-refractivity contribution in [2.75, 3.05) is 25.6 Å². The Bertz CT molecular complexity index is 714. The zero-order valence-electron chi connectivity index (χ0n) is 13.6. The van der Waals surface area contributed by atoms with Crippen LogP contribution in [0.5, 0.6) is 0 Å². The lowest BCUT2D eigenvalue weighted by Gasteiger charge is -2.12. The Kier molecular flexibility index (Phi) is 6.21. The second-order valence-corrected chi connectivity index (χ2v) is 5.86. The number of rotatable bonds is 6. The van der Waals surface area contributed by atoms with Gasteiger partial charge in [0.2, 0.25) is 0 Å². The smallest absolute Gasteiger partial charge is 0.338 e. The number of nitrogens with zero attached hydrogens (tertiary/aromatic N) is 1. The van der Waals surface area contributed by atoms with Gasteiger partial charge in [-0.15, -0.1) is 0 Å². The summed E-state index contributed by atoms with van der Waals surface area (Å²) in [4.78, 5) is 25.6. The topological polar surface area (TPSA) is 58.6 Å². The molecule has 0 spiro atoms. The quantitative estimate of drug-likeness (QED) is 0.817. The van der Waals surface area contributed by atoms with Gasteiger partial charge < -0.3 is 15.0 Å². The molecule has 5 nitrogen and oxygen atoms in total. The van der Waals surface area contributed by atoms with Crippen LogP contribution in [0.2, 0.25) is 5.02 Å². The fraction of sp³-hybridized carbons (Fsp3) is 0.222. The average molecular weight is 347 g/mol. The Morgan fingerprint density at radius 2 is 1.83 bits per heavy atom. The van der Waals surface area contributed by atoms with Crippen molar-refractivity contribution < 1.29 is 14.3 Å². The van der Waals surface area contributed by atoms with Crippen molar-refractivity contribution in [2.24, 2.45) is 0 Å². The number of hydrogen-bond acceptors (Lipinski definition) is 4. The van der Waals surface area contributed by atoms with Gasteiger partial charge in [-0.2, -0.15) is 0 Å². The molecule has 2 rings (SSSR count). The third-order valence-corrected chi connectivity index (χ3v) is 3.57. The van der Waals surface area contributed by atoms with Crippen molar-refractivity contribution in [3.8, 4) is 0 Å². The van der Waals surface area contributed by atoms with E-state index in [1.807, 2.05) is 37.2 Å². The zero-order chi connectivity index (χ0) is 17.5. The molecule has 0 aromatic heterocycles. The highest BCUT2D eigenvalue weighted by atomic mass is 35.5. The minimum Gasteiger partial charge on any atom is -0.452 e. The number of ether oxygens (including phenoxy) is 1. The molecule has 0 aliphatic rings. The summed E-state index contributed by atoms with van der Waals surface area (Å²) in [5.41, 5.74) is 2.26. The second-order valence-electron chi connectivity index (χ2n) is 5.42. The molecule has 2 aromatic carbocycles. The van der Waals surface area contributed by atoms with Crippen LogP contribution in [-0.2, 0) is 16.1 Å². The number of amides is 1. The SMILES string of the molecule is CN(C)c1ccc(C(=O)OCC(=O)NCc2cccc(Cl)c2)cc1. The number of benzene rings is 2. The third kappa shape index (κ3) is 5.28. The molecule has 0 fully saturated rings. The molecule has 6 heteroatoms. The molecule has 2 aromatic rings. The number of carbonyl (C=O) groups excluding carboxylic acids is 2. The van der Waals surface area contributed by atoms with Gasteiger partial charge in [-0.1, -0.05) is 23.7 Å². The van der Waals surface area contributed by atoms with E-state index in [0.29, 0.717) is 17.1 Å². The van der Waals surface area contributed by atoms with Gasteiger partial charge >= 0.3 is 5.97 Å². The van der Waals surface area contributed by atoms with Crippen molar-refractivity contribution in [3.05, 3.63) is 64.7 Å². The number of anilines is 1. The van der Waals surface area contributed by atoms with Crippen molar-refractivity contribution in [2.45, 2.75) is 6.54 Å². The van der Waals surface area contributed by atoms with Gasteiger partial charge in [0.05, 0.1) is 5.56 Å². The van der Waals surface area contributed by atoms with Crippen LogP contribution in [0.15, 0.2) is 48.5 Å². The highest BCUT2D eigenvalue weighted by Gasteiger charge is 2.10. The Morgan fingerprint density at radius 1 is 1.12 bits per heavy atom. The fourth-order valence-electron chi connectivity index (χ4n) is 2.01. The van der Waals surface area contributed by atoms with E-state index in [-0.39, 0.29) is 12.5 Å². The third-order valence-electron chi connectivity index (χ3n) is 3.33. The lowest BCUT2D eigenvalue weighted by molar-refractivity contribution is -0.124. The van der Waals surface area contributed by atoms with Gasteiger partial charge in [-0.05, 0) is 42.0 Å². The number of carbonyl (C=O) groups is 2. The molecular weight excluding hydrogens is 328 g/mol. The van der Waals surface area contributed by atoms with E-state index in [9.17, 15) is 9.59 Å². The molecule has 0 aliphatic heterocycles. The van der Waals surface area contributed by atoms with Gasteiger partial charge in [0.15, 0.2) is 6.61 Å². The predicted octanol–water partition coefficient (Wildman–Crippen LogP) is 2.88. The van der Waals surface area contributed by atoms with E-state index in [0.717, 1.165) is 11.3 Å². The van der Waals surface area contributed by atoms with E-state index in [1.54, 1.807) is 30.3 Å². The van der Waals surface area contributed by atoms with Crippen LogP contribution >= 0.6 is 11.6 Å². The summed E-state index contributed by atoms with van der Waals surface area (Å²) in [6.45, 7) is 0.00328. The molecule has 1 N–H and O–H groups in total. The Balaban J connectivity index is 1.79. The van der Waals surface area contributed by atoms with Crippen LogP contribution in [0.1, 0.15) is 15.9 Å². The number of nitrogens with one attached hydrogen (secondary N) is 1. The molecule has 0 saturated heterocycles. The van der Waals surface area contributed by atoms with Crippen molar-refractivity contribution in [1.29, 1.82) is 0 Å². The molecule has 0 bridgehead atoms. The van der Waals surface area contributed by atoms with Crippen LogP contribution in [0.3, 0.4) is 0 Å². The van der Waals surface area contributed by atoms with Gasteiger partial charge in [0.1, 0.15) is 0 Å². The minimum absolute atomic E-state index is 0.325. The largest absolute Gasteiger partial charge is 0.452 e. The Hall–Kier alpha value is -2.53. The lowest BCUT2D eigenvalue weighted by atomic mass is 10.2. The monoisotopic (exact) mass is 346 g/mol. The number of hydrogen-bond donors (Lipinski definition) is 1. The molecule has 126 valence electrons. The van der Waals surface area contributed by atoms with Gasteiger partial charge in [0, 0.05) is 31.4 Å². The van der Waals surface area contributed by atoms with E-state index in [4.69, 9.17) is 16.3 Å². The molecular formula is C18H19ClN2O3. The summed E-state index contributed by atoms with van der Waals surface area (Å²) in [6, 6.07) is 14.1. The first-order valence-electron chi connectivity index (χ1n) is 7.41. The normalized spacial score (nSPS) is 10.1. The van der Waals surface area contributed by atoms with Crippen LogP contribution in [0.4, 0.5) is 5.69 Å². The summed E-state index contributed by atoms with van der Waals surface area (Å²) in [5, 5.41) is 3.28. The lowest BCUT2D eigenvalue weighted by Crippen LogP contribution is -2.28. The summed E-state index contributed by atoms with van der Waals surface area (Å²) < 4.78 is 5.01. The summed E-state index contributed by atoms with van der Waals surface area (Å²) >= 11 is 5.88. The van der Waals surface area contributed by atoms with Crippen LogP contribution in [0.25, 0.3) is 0 Å². The molecule has 0 heterocycles. The van der Waals surface area contributed by atoms with Crippen LogP contribution in [-0.4, -0.2) is 32.6 Å². The van der Waals surface area contributed by atoms with Crippen molar-refractivity contribution in [3.63, 3.8) is 0 Å². The molecule has 1 amide bonds. The second kappa shape index (κ2) is 8.36. The van der Waals surface area contributed by atoms with E-state index in [1.165, 1.54) is 0 Å². The first-order valence-corrected chi connectivity index (χ1v) is 7.79. The van der Waals surface area contributed by atoms with Gasteiger partial charge in [-0.3, -0.25) is 4.79 Å². The van der Waals surface area contributed by atoms with Crippen LogP contribution < -0.4 is 10.2 Å². The zero-order valence-corrected chi connectivity index (χ0v) is 14.3. The number of esters is 1. The fourth-order valence-corrected chi connectivity index (χ4v) is 2.22. The maximum Gasteiger partial charge on any atom is 0.338 e. The first kappa shape index (κ1) is 17.8. The van der Waals surface area contributed by atoms with Gasteiger partial charge in [0.25, 0.3) is 5.91 Å². The van der Waals surface area contributed by atoms with Gasteiger partial charge in [-0.25, -0.2) is 4.79 Å². The Morgan fingerprint density at radius 3 is 2.46 bits per heavy atom. The van der Waals surface area contributed by atoms with E-state index >= 15 is 0 Å². The number of halogens is 1. The summed E-state index contributed by atoms with van der Waals surface area (Å²) in [5.74, 6) is -0.897. The molecule has 0 radical (unpaired) electrons. The highest BCUT2D eigenvalue weighted by molar-refractivity contribution is 6.30. The van der Waals surface area contributed by atoms with E-state index in [2.05, 4.69) is 5.32 Å². The average Bonchev–Trinajstić information content (AvgIpc) is 2.58. The molecule has 24 heavy (non-hydrogen) atoms. The maximum atomic E-state index is 11.9. The molecule has 0 aliphatic carbocycles. The van der Waals surface area contributed by atoms with Crippen molar-refractivity contribution >= 4 is 29.2 Å².